The van der Waals surface area contributed by atoms with E-state index in [0.29, 0.717) is 0 Å². The summed E-state index contributed by atoms with van der Waals surface area (Å²) in [7, 11) is 0. The van der Waals surface area contributed by atoms with Crippen LogP contribution in [-0.2, 0) is 19.5 Å². The maximum atomic E-state index is 2.57. The molecular weight excluding hydrogens is 460 g/mol. The van der Waals surface area contributed by atoms with Crippen molar-refractivity contribution in [3.05, 3.63) is 54.1 Å². The van der Waals surface area contributed by atoms with Gasteiger partial charge in [-0.2, -0.15) is 0 Å². The summed E-state index contributed by atoms with van der Waals surface area (Å²) in [5, 5.41) is 0. The third-order valence-corrected chi connectivity index (χ3v) is 8.29. The lowest BCUT2D eigenvalue weighted by Crippen LogP contribution is -2.37. The smallest absolute Gasteiger partial charge is 0.234 e. The normalized spacial score (nSPS) is 11.4. The van der Waals surface area contributed by atoms with Crippen molar-refractivity contribution < 1.29 is 4.57 Å². The van der Waals surface area contributed by atoms with Crippen molar-refractivity contribution in [2.45, 2.75) is 175 Å². The maximum absolute atomic E-state index is 2.57. The van der Waals surface area contributed by atoms with E-state index in [1.807, 2.05) is 0 Å². The number of aryl methyl sites for hydroxylation is 1. The number of unbranched alkanes of at least 4 members (excludes halogenated alkanes) is 20. The van der Waals surface area contributed by atoms with Gasteiger partial charge in [-0.05, 0) is 24.8 Å². The van der Waals surface area contributed by atoms with Gasteiger partial charge in [-0.25, -0.2) is 9.13 Å². The number of benzene rings is 1. The highest BCUT2D eigenvalue weighted by molar-refractivity contribution is 5.13. The number of nitrogens with zero attached hydrogens (tertiary/aromatic N) is 2. The average molecular weight is 524 g/mol. The molecule has 0 amide bonds. The first-order valence-electron chi connectivity index (χ1n) is 17.0. The highest BCUT2D eigenvalue weighted by Gasteiger charge is 2.17. The van der Waals surface area contributed by atoms with Crippen LogP contribution in [0, 0.1) is 0 Å². The Labute approximate surface area is 237 Å². The molecule has 1 heterocycles. The highest BCUT2D eigenvalue weighted by Crippen LogP contribution is 2.15. The molecule has 0 aliphatic rings. The van der Waals surface area contributed by atoms with Gasteiger partial charge in [-0.3, -0.25) is 0 Å². The number of rotatable bonds is 26. The predicted molar refractivity (Wildman–Crippen MR) is 167 cm³/mol. The molecule has 2 rings (SSSR count). The fourth-order valence-electron chi connectivity index (χ4n) is 5.81. The molecule has 2 heteroatoms. The zero-order chi connectivity index (χ0) is 26.9. The van der Waals surface area contributed by atoms with E-state index < -0.39 is 0 Å². The third kappa shape index (κ3) is 15.7. The van der Waals surface area contributed by atoms with Crippen LogP contribution in [0.3, 0.4) is 0 Å². The molecule has 0 radical (unpaired) electrons. The second kappa shape index (κ2) is 23.3. The summed E-state index contributed by atoms with van der Waals surface area (Å²) in [6, 6.07) is 11.0. The van der Waals surface area contributed by atoms with Crippen LogP contribution in [-0.4, -0.2) is 4.57 Å². The van der Waals surface area contributed by atoms with Crippen LogP contribution < -0.4 is 4.57 Å². The molecule has 0 unspecified atom stereocenters. The van der Waals surface area contributed by atoms with Crippen LogP contribution >= 0.6 is 0 Å². The Kier molecular flexibility index (Phi) is 20.0. The van der Waals surface area contributed by atoms with Gasteiger partial charge < -0.3 is 0 Å². The number of hydrogen-bond donors (Lipinski definition) is 0. The van der Waals surface area contributed by atoms with Gasteiger partial charge in [0.15, 0.2) is 0 Å². The van der Waals surface area contributed by atoms with E-state index in [9.17, 15) is 0 Å². The molecule has 0 atom stereocenters. The van der Waals surface area contributed by atoms with Crippen LogP contribution in [0.4, 0.5) is 0 Å². The Bertz CT molecular complexity index is 763. The molecule has 0 saturated heterocycles. The summed E-state index contributed by atoms with van der Waals surface area (Å²) in [5.74, 6) is 1.54. The van der Waals surface area contributed by atoms with Crippen LogP contribution in [0.1, 0.15) is 166 Å². The lowest BCUT2D eigenvalue weighted by Gasteiger charge is -2.07. The van der Waals surface area contributed by atoms with E-state index in [1.165, 1.54) is 166 Å². The Morgan fingerprint density at radius 1 is 0.526 bits per heavy atom. The molecule has 2 nitrogen and oxygen atoms in total. The van der Waals surface area contributed by atoms with Gasteiger partial charge in [0.25, 0.3) is 5.82 Å². The van der Waals surface area contributed by atoms with E-state index >= 15 is 0 Å². The van der Waals surface area contributed by atoms with Gasteiger partial charge in [0.1, 0.15) is 18.9 Å². The van der Waals surface area contributed by atoms with Crippen LogP contribution in [0.2, 0.25) is 0 Å². The van der Waals surface area contributed by atoms with E-state index in [0.717, 1.165) is 6.54 Å². The average Bonchev–Trinajstić information content (AvgIpc) is 3.31. The summed E-state index contributed by atoms with van der Waals surface area (Å²) in [4.78, 5) is 0. The van der Waals surface area contributed by atoms with Crippen LogP contribution in [0.5, 0.6) is 0 Å². The largest absolute Gasteiger partial charge is 0.256 e. The molecule has 216 valence electrons. The highest BCUT2D eigenvalue weighted by atomic mass is 15.1. The minimum Gasteiger partial charge on any atom is -0.234 e. The Hall–Kier alpha value is -1.57. The first-order chi connectivity index (χ1) is 18.8. The van der Waals surface area contributed by atoms with Crippen molar-refractivity contribution >= 4 is 0 Å². The van der Waals surface area contributed by atoms with Crippen molar-refractivity contribution in [3.8, 4) is 0 Å². The van der Waals surface area contributed by atoms with Gasteiger partial charge in [0.05, 0.1) is 6.54 Å². The number of aromatic nitrogens is 2. The van der Waals surface area contributed by atoms with Gasteiger partial charge in [0.2, 0.25) is 0 Å². The molecule has 0 aliphatic heterocycles. The lowest BCUT2D eigenvalue weighted by molar-refractivity contribution is -0.695. The molecule has 0 fully saturated rings. The SMILES string of the molecule is CCCCCCCCCCCCCCCc1n(CCCCCCCCCCC)cc[n+]1Cc1ccccc1. The van der Waals surface area contributed by atoms with Crippen LogP contribution in [0.25, 0.3) is 0 Å². The molecule has 1 aromatic heterocycles. The number of imidazole rings is 1. The lowest BCUT2D eigenvalue weighted by atomic mass is 10.0. The molecule has 0 N–H and O–H groups in total. The molecule has 2 aromatic rings. The molecule has 0 aliphatic carbocycles. The zero-order valence-electron chi connectivity index (χ0n) is 25.6. The van der Waals surface area contributed by atoms with E-state index in [1.54, 1.807) is 0 Å². The number of hydrogen-bond acceptors (Lipinski definition) is 0. The van der Waals surface area contributed by atoms with Gasteiger partial charge >= 0.3 is 0 Å². The second-order valence-corrected chi connectivity index (χ2v) is 11.8. The third-order valence-electron chi connectivity index (χ3n) is 8.29. The monoisotopic (exact) mass is 523 g/mol. The first kappa shape index (κ1) is 32.6. The minimum absolute atomic E-state index is 0.999. The molecule has 0 spiro atoms. The summed E-state index contributed by atoms with van der Waals surface area (Å²) in [5.41, 5.74) is 1.41. The van der Waals surface area contributed by atoms with E-state index in [2.05, 4.69) is 65.7 Å². The molecule has 0 saturated carbocycles. The van der Waals surface area contributed by atoms with Crippen molar-refractivity contribution in [1.82, 2.24) is 4.57 Å². The molecular formula is C36H63N2+. The fraction of sp³-hybridized carbons (Fsp3) is 0.750. The molecule has 38 heavy (non-hydrogen) atoms. The van der Waals surface area contributed by atoms with Crippen LogP contribution in [0.15, 0.2) is 42.7 Å². The summed E-state index contributed by atoms with van der Waals surface area (Å²) in [6.07, 6.45) is 37.0. The van der Waals surface area contributed by atoms with Gasteiger partial charge in [-0.1, -0.05) is 166 Å². The summed E-state index contributed by atoms with van der Waals surface area (Å²) < 4.78 is 5.09. The fourth-order valence-corrected chi connectivity index (χ4v) is 5.81. The summed E-state index contributed by atoms with van der Waals surface area (Å²) in [6.45, 7) is 6.79. The Morgan fingerprint density at radius 2 is 0.974 bits per heavy atom. The maximum Gasteiger partial charge on any atom is 0.256 e. The van der Waals surface area contributed by atoms with Crippen molar-refractivity contribution in [2.24, 2.45) is 0 Å². The molecule has 0 bridgehead atoms. The Morgan fingerprint density at radius 3 is 1.47 bits per heavy atom. The standard InChI is InChI=1S/C36H63N2/c1-3-5-7-9-11-13-14-15-16-17-19-21-26-30-36-37(31-27-22-20-18-12-10-8-6-4-2)32-33-38(36)34-35-28-24-23-25-29-35/h23-25,28-29,32-33H,3-22,26-27,30-31,34H2,1-2H3/q+1. The second-order valence-electron chi connectivity index (χ2n) is 11.8. The van der Waals surface area contributed by atoms with Gasteiger partial charge in [-0.15, -0.1) is 0 Å². The quantitative estimate of drug-likeness (QED) is 0.0856. The molecule has 1 aromatic carbocycles. The first-order valence-corrected chi connectivity index (χ1v) is 17.0. The zero-order valence-corrected chi connectivity index (χ0v) is 25.6. The van der Waals surface area contributed by atoms with E-state index in [-0.39, 0.29) is 0 Å². The Balaban J connectivity index is 1.66. The van der Waals surface area contributed by atoms with E-state index in [4.69, 9.17) is 0 Å². The van der Waals surface area contributed by atoms with Gasteiger partial charge in [0, 0.05) is 6.42 Å². The summed E-state index contributed by atoms with van der Waals surface area (Å²) >= 11 is 0. The predicted octanol–water partition coefficient (Wildman–Crippen LogP) is 11.0. The van der Waals surface area contributed by atoms with Crippen molar-refractivity contribution in [1.29, 1.82) is 0 Å². The van der Waals surface area contributed by atoms with Crippen molar-refractivity contribution in [3.63, 3.8) is 0 Å². The topological polar surface area (TPSA) is 8.81 Å². The minimum atomic E-state index is 0.999. The van der Waals surface area contributed by atoms with Crippen molar-refractivity contribution in [2.75, 3.05) is 0 Å².